The number of ether oxygens (including phenoxy) is 1. The molecule has 7 nitrogen and oxygen atoms in total. The summed E-state index contributed by atoms with van der Waals surface area (Å²) < 4.78 is 6.84. The molecule has 0 spiro atoms. The van der Waals surface area contributed by atoms with Crippen LogP contribution in [0.3, 0.4) is 0 Å². The van der Waals surface area contributed by atoms with Crippen LogP contribution in [0.1, 0.15) is 11.1 Å². The first-order valence-corrected chi connectivity index (χ1v) is 14.8. The van der Waals surface area contributed by atoms with E-state index in [4.69, 9.17) is 27.9 Å². The van der Waals surface area contributed by atoms with E-state index in [1.807, 2.05) is 53.4 Å². The molecule has 3 aromatic carbocycles. The third-order valence-corrected chi connectivity index (χ3v) is 8.47. The Kier molecular flexibility index (Phi) is 9.65. The van der Waals surface area contributed by atoms with Gasteiger partial charge in [-0.3, -0.25) is 19.4 Å². The number of likely N-dealkylation sites (tertiary alicyclic amines) is 1. The van der Waals surface area contributed by atoms with E-state index in [1.165, 1.54) is 5.56 Å². The van der Waals surface area contributed by atoms with E-state index in [0.717, 1.165) is 41.1 Å². The zero-order valence-electron chi connectivity index (χ0n) is 22.0. The Balaban J connectivity index is 0.990. The van der Waals surface area contributed by atoms with Crippen molar-refractivity contribution in [1.82, 2.24) is 14.7 Å². The number of benzene rings is 3. The van der Waals surface area contributed by atoms with E-state index in [1.54, 1.807) is 6.07 Å². The van der Waals surface area contributed by atoms with Crippen LogP contribution in [0.4, 0.5) is 5.69 Å². The fourth-order valence-electron chi connectivity index (χ4n) is 4.92. The fraction of sp³-hybridized carbons (Fsp3) is 0.333. The molecule has 2 heterocycles. The molecule has 10 heteroatoms. The average molecular weight is 646 g/mol. The number of rotatable bonds is 9. The maximum atomic E-state index is 13.0. The van der Waals surface area contributed by atoms with Crippen LogP contribution in [-0.4, -0.2) is 72.3 Å². The molecule has 40 heavy (non-hydrogen) atoms. The van der Waals surface area contributed by atoms with Crippen LogP contribution in [0.5, 0.6) is 5.75 Å². The van der Waals surface area contributed by atoms with Gasteiger partial charge in [-0.15, -0.1) is 0 Å². The average Bonchev–Trinajstić information content (AvgIpc) is 2.93. The summed E-state index contributed by atoms with van der Waals surface area (Å²) in [5, 5.41) is 3.98. The maximum absolute atomic E-state index is 13.0. The molecule has 0 radical (unpaired) electrons. The van der Waals surface area contributed by atoms with Crippen LogP contribution < -0.4 is 10.1 Å². The molecule has 5 rings (SSSR count). The van der Waals surface area contributed by atoms with Crippen LogP contribution in [0.2, 0.25) is 10.0 Å². The molecule has 2 aliphatic rings. The van der Waals surface area contributed by atoms with E-state index in [9.17, 15) is 9.59 Å². The number of carbonyl (C=O) groups is 2. The normalized spacial score (nSPS) is 16.4. The van der Waals surface area contributed by atoms with E-state index in [-0.39, 0.29) is 17.7 Å². The van der Waals surface area contributed by atoms with E-state index >= 15 is 0 Å². The number of hydrogen-bond donors (Lipinski definition) is 1. The Morgan fingerprint density at radius 3 is 2.20 bits per heavy atom. The van der Waals surface area contributed by atoms with E-state index < -0.39 is 0 Å². The van der Waals surface area contributed by atoms with Gasteiger partial charge in [-0.1, -0.05) is 57.3 Å². The SMILES string of the molecule is O=C(CN1CCN(C(=O)C2CN(Cc3ccc(OCc4ccc(Cl)c(Cl)c4)cc3)C2)CC1)Nc1ccc(Br)cc1. The summed E-state index contributed by atoms with van der Waals surface area (Å²) in [4.78, 5) is 31.7. The predicted octanol–water partition coefficient (Wildman–Crippen LogP) is 5.55. The van der Waals surface area contributed by atoms with Crippen molar-refractivity contribution in [3.05, 3.63) is 92.4 Å². The molecule has 2 amide bonds. The largest absolute Gasteiger partial charge is 0.489 e. The lowest BCUT2D eigenvalue weighted by Crippen LogP contribution is -2.57. The number of anilines is 1. The summed E-state index contributed by atoms with van der Waals surface area (Å²) in [6.07, 6.45) is 0. The summed E-state index contributed by atoms with van der Waals surface area (Å²) in [5.41, 5.74) is 2.92. The quantitative estimate of drug-likeness (QED) is 0.331. The molecule has 2 fully saturated rings. The maximum Gasteiger partial charge on any atom is 0.238 e. The molecule has 2 aliphatic heterocycles. The molecule has 0 unspecified atom stereocenters. The van der Waals surface area contributed by atoms with Crippen LogP contribution in [0.15, 0.2) is 71.2 Å². The van der Waals surface area contributed by atoms with Crippen molar-refractivity contribution in [2.24, 2.45) is 5.92 Å². The van der Waals surface area contributed by atoms with Gasteiger partial charge >= 0.3 is 0 Å². The summed E-state index contributed by atoms with van der Waals surface area (Å²) in [5.74, 6) is 1.02. The second-order valence-electron chi connectivity index (χ2n) is 10.2. The number of nitrogens with zero attached hydrogens (tertiary/aromatic N) is 3. The molecule has 0 aliphatic carbocycles. The summed E-state index contributed by atoms with van der Waals surface area (Å²) >= 11 is 15.4. The molecule has 0 bridgehead atoms. The van der Waals surface area contributed by atoms with Crippen molar-refractivity contribution in [3.63, 3.8) is 0 Å². The first kappa shape index (κ1) is 28.9. The lowest BCUT2D eigenvalue weighted by atomic mass is 9.97. The fourth-order valence-corrected chi connectivity index (χ4v) is 5.51. The molecule has 0 saturated carbocycles. The monoisotopic (exact) mass is 644 g/mol. The lowest BCUT2D eigenvalue weighted by molar-refractivity contribution is -0.143. The highest BCUT2D eigenvalue weighted by Gasteiger charge is 2.36. The number of piperazine rings is 1. The van der Waals surface area contributed by atoms with Gasteiger partial charge in [-0.05, 0) is 59.7 Å². The number of nitrogens with one attached hydrogen (secondary N) is 1. The highest BCUT2D eigenvalue weighted by atomic mass is 79.9. The van der Waals surface area contributed by atoms with Gasteiger partial charge in [0.05, 0.1) is 22.5 Å². The van der Waals surface area contributed by atoms with Gasteiger partial charge in [0.2, 0.25) is 11.8 Å². The number of amides is 2. The van der Waals surface area contributed by atoms with Crippen molar-refractivity contribution >= 4 is 56.6 Å². The molecule has 0 atom stereocenters. The lowest BCUT2D eigenvalue weighted by Gasteiger charge is -2.42. The minimum absolute atomic E-state index is 0.0391. The first-order chi connectivity index (χ1) is 19.3. The Bertz CT molecular complexity index is 1330. The topological polar surface area (TPSA) is 65.1 Å². The third-order valence-electron chi connectivity index (χ3n) is 7.20. The van der Waals surface area contributed by atoms with Gasteiger partial charge < -0.3 is 15.0 Å². The zero-order chi connectivity index (χ0) is 28.1. The van der Waals surface area contributed by atoms with Gasteiger partial charge in [-0.2, -0.15) is 0 Å². The zero-order valence-corrected chi connectivity index (χ0v) is 25.1. The van der Waals surface area contributed by atoms with Crippen LogP contribution in [0, 0.1) is 5.92 Å². The molecule has 3 aromatic rings. The second-order valence-corrected chi connectivity index (χ2v) is 12.0. The van der Waals surface area contributed by atoms with Crippen molar-refractivity contribution in [3.8, 4) is 5.75 Å². The minimum Gasteiger partial charge on any atom is -0.489 e. The number of hydrogen-bond acceptors (Lipinski definition) is 5. The molecular formula is C30H31BrCl2N4O3. The standard InChI is InChI=1S/C30H31BrCl2N4O3/c31-24-4-6-25(7-5-24)34-29(38)19-35-11-13-37(14-12-35)30(39)23-17-36(18-23)16-21-1-8-26(9-2-21)40-20-22-3-10-27(32)28(33)15-22/h1-10,15,23H,11-14,16-20H2,(H,34,38). The van der Waals surface area contributed by atoms with Crippen LogP contribution >= 0.6 is 39.1 Å². The minimum atomic E-state index is -0.0391. The highest BCUT2D eigenvalue weighted by Crippen LogP contribution is 2.25. The number of halogens is 3. The second kappa shape index (κ2) is 13.4. The first-order valence-electron chi connectivity index (χ1n) is 13.3. The Morgan fingerprint density at radius 2 is 1.52 bits per heavy atom. The summed E-state index contributed by atoms with van der Waals surface area (Å²) in [6, 6.07) is 21.1. The smallest absolute Gasteiger partial charge is 0.238 e. The Labute approximate surface area is 253 Å². The van der Waals surface area contributed by atoms with Crippen molar-refractivity contribution in [1.29, 1.82) is 0 Å². The van der Waals surface area contributed by atoms with Crippen molar-refractivity contribution < 1.29 is 14.3 Å². The summed E-state index contributed by atoms with van der Waals surface area (Å²) in [7, 11) is 0. The number of carbonyl (C=O) groups excluding carboxylic acids is 2. The Morgan fingerprint density at radius 1 is 0.850 bits per heavy atom. The molecule has 0 aromatic heterocycles. The molecule has 210 valence electrons. The third kappa shape index (κ3) is 7.77. The molecule has 1 N–H and O–H groups in total. The Hall–Kier alpha value is -2.62. The highest BCUT2D eigenvalue weighted by molar-refractivity contribution is 9.10. The molecule has 2 saturated heterocycles. The van der Waals surface area contributed by atoms with Gasteiger partial charge in [0.1, 0.15) is 12.4 Å². The van der Waals surface area contributed by atoms with Gasteiger partial charge in [0, 0.05) is 56.0 Å². The van der Waals surface area contributed by atoms with Crippen LogP contribution in [0.25, 0.3) is 0 Å². The summed E-state index contributed by atoms with van der Waals surface area (Å²) in [6.45, 7) is 5.81. The van der Waals surface area contributed by atoms with Gasteiger partial charge in [0.15, 0.2) is 0 Å². The van der Waals surface area contributed by atoms with E-state index in [0.29, 0.717) is 49.4 Å². The predicted molar refractivity (Wildman–Crippen MR) is 162 cm³/mol. The van der Waals surface area contributed by atoms with Crippen molar-refractivity contribution in [2.75, 3.05) is 51.1 Å². The van der Waals surface area contributed by atoms with Gasteiger partial charge in [0.25, 0.3) is 0 Å². The van der Waals surface area contributed by atoms with E-state index in [2.05, 4.69) is 43.2 Å². The van der Waals surface area contributed by atoms with Crippen LogP contribution in [-0.2, 0) is 22.7 Å². The van der Waals surface area contributed by atoms with Crippen molar-refractivity contribution in [2.45, 2.75) is 13.2 Å². The molecular weight excluding hydrogens is 615 g/mol. The van der Waals surface area contributed by atoms with Gasteiger partial charge in [-0.25, -0.2) is 0 Å².